The van der Waals surface area contributed by atoms with Crippen LogP contribution in [0.3, 0.4) is 0 Å². The molecule has 3 aromatic rings. The lowest BCUT2D eigenvalue weighted by atomic mass is 10.0. The molecule has 0 unspecified atom stereocenters. The fourth-order valence-corrected chi connectivity index (χ4v) is 3.85. The van der Waals surface area contributed by atoms with Gasteiger partial charge in [0.1, 0.15) is 0 Å². The largest absolute Gasteiger partial charge is 0.347 e. The summed E-state index contributed by atoms with van der Waals surface area (Å²) in [6.07, 6.45) is 4.25. The van der Waals surface area contributed by atoms with Crippen LogP contribution in [0, 0.1) is 5.92 Å². The Morgan fingerprint density at radius 1 is 1.04 bits per heavy atom. The van der Waals surface area contributed by atoms with Gasteiger partial charge in [-0.2, -0.15) is 0 Å². The number of rotatable bonds is 4. The van der Waals surface area contributed by atoms with Gasteiger partial charge in [0.05, 0.1) is 5.69 Å². The van der Waals surface area contributed by atoms with Crippen molar-refractivity contribution in [2.24, 2.45) is 5.92 Å². The van der Waals surface area contributed by atoms with Crippen molar-refractivity contribution in [3.63, 3.8) is 0 Å². The van der Waals surface area contributed by atoms with Gasteiger partial charge >= 0.3 is 0 Å². The molecule has 132 valence electrons. The minimum Gasteiger partial charge on any atom is -0.347 e. The maximum atomic E-state index is 13.0. The van der Waals surface area contributed by atoms with Crippen molar-refractivity contribution in [3.05, 3.63) is 65.9 Å². The number of nitrogens with zero attached hydrogens (tertiary/aromatic N) is 2. The van der Waals surface area contributed by atoms with Crippen molar-refractivity contribution in [2.75, 3.05) is 11.4 Å². The Balaban J connectivity index is 1.88. The lowest BCUT2D eigenvalue weighted by Crippen LogP contribution is -2.25. The Labute approximate surface area is 154 Å². The minimum atomic E-state index is 0.0920. The van der Waals surface area contributed by atoms with Crippen LogP contribution in [0.4, 0.5) is 5.69 Å². The minimum absolute atomic E-state index is 0.0920. The molecule has 4 rings (SSSR count). The third kappa shape index (κ3) is 2.64. The number of anilines is 1. The lowest BCUT2D eigenvalue weighted by Gasteiger charge is -2.13. The highest BCUT2D eigenvalue weighted by atomic mass is 16.2. The summed E-state index contributed by atoms with van der Waals surface area (Å²) in [6.45, 7) is 8.12. The molecule has 0 saturated heterocycles. The number of aromatic nitrogens is 1. The van der Waals surface area contributed by atoms with Gasteiger partial charge in [0.15, 0.2) is 0 Å². The van der Waals surface area contributed by atoms with E-state index in [1.807, 2.05) is 36.1 Å². The van der Waals surface area contributed by atoms with Crippen LogP contribution >= 0.6 is 0 Å². The van der Waals surface area contributed by atoms with E-state index in [1.165, 1.54) is 10.9 Å². The molecule has 0 atom stereocenters. The first-order valence-electron chi connectivity index (χ1n) is 9.31. The van der Waals surface area contributed by atoms with Gasteiger partial charge in [0, 0.05) is 46.9 Å². The van der Waals surface area contributed by atoms with Gasteiger partial charge in [0.2, 0.25) is 0 Å². The monoisotopic (exact) mass is 344 g/mol. The van der Waals surface area contributed by atoms with E-state index in [4.69, 9.17) is 0 Å². The predicted octanol–water partition coefficient (Wildman–Crippen LogP) is 5.20. The van der Waals surface area contributed by atoms with E-state index < -0.39 is 0 Å². The zero-order chi connectivity index (χ0) is 18.3. The SMILES string of the molecule is CCN1C(=O)/C(=C/c2cn(CC(C)C)c3ccccc23)c2ccccc21. The van der Waals surface area contributed by atoms with E-state index in [-0.39, 0.29) is 5.91 Å². The second kappa shape index (κ2) is 6.49. The molecule has 1 amide bonds. The van der Waals surface area contributed by atoms with Gasteiger partial charge in [-0.15, -0.1) is 0 Å². The third-order valence-corrected chi connectivity index (χ3v) is 4.96. The van der Waals surface area contributed by atoms with Crippen LogP contribution in [0.15, 0.2) is 54.7 Å². The first-order chi connectivity index (χ1) is 12.6. The summed E-state index contributed by atoms with van der Waals surface area (Å²) in [6, 6.07) is 16.5. The van der Waals surface area contributed by atoms with Crippen LogP contribution in [0.1, 0.15) is 31.9 Å². The van der Waals surface area contributed by atoms with Crippen molar-refractivity contribution in [1.82, 2.24) is 4.57 Å². The van der Waals surface area contributed by atoms with E-state index in [9.17, 15) is 4.79 Å². The molecular weight excluding hydrogens is 320 g/mol. The molecule has 0 radical (unpaired) electrons. The maximum absolute atomic E-state index is 13.0. The van der Waals surface area contributed by atoms with Crippen LogP contribution in [-0.4, -0.2) is 17.0 Å². The number of carbonyl (C=O) groups is 1. The second-order valence-corrected chi connectivity index (χ2v) is 7.27. The molecule has 0 aliphatic carbocycles. The van der Waals surface area contributed by atoms with E-state index in [2.05, 4.69) is 55.0 Å². The Kier molecular flexibility index (Phi) is 4.15. The van der Waals surface area contributed by atoms with Crippen molar-refractivity contribution in [3.8, 4) is 0 Å². The molecule has 3 heteroatoms. The van der Waals surface area contributed by atoms with Crippen LogP contribution in [0.2, 0.25) is 0 Å². The fraction of sp³-hybridized carbons (Fsp3) is 0.261. The molecule has 0 N–H and O–H groups in total. The number of para-hydroxylation sites is 2. The zero-order valence-corrected chi connectivity index (χ0v) is 15.6. The molecule has 0 spiro atoms. The number of carbonyl (C=O) groups excluding carboxylic acids is 1. The van der Waals surface area contributed by atoms with Crippen molar-refractivity contribution in [2.45, 2.75) is 27.3 Å². The van der Waals surface area contributed by atoms with E-state index in [1.54, 1.807) is 0 Å². The third-order valence-electron chi connectivity index (χ3n) is 4.96. The summed E-state index contributed by atoms with van der Waals surface area (Å²) in [5.74, 6) is 0.658. The topological polar surface area (TPSA) is 25.2 Å². The average Bonchev–Trinajstić information content (AvgIpc) is 3.11. The Morgan fingerprint density at radius 2 is 1.77 bits per heavy atom. The quantitative estimate of drug-likeness (QED) is 0.597. The van der Waals surface area contributed by atoms with Crippen LogP contribution in [0.5, 0.6) is 0 Å². The van der Waals surface area contributed by atoms with Crippen LogP contribution in [0.25, 0.3) is 22.6 Å². The number of likely N-dealkylation sites (N-methyl/N-ethyl adjacent to an activating group) is 1. The summed E-state index contributed by atoms with van der Waals surface area (Å²) in [5, 5.41) is 1.20. The van der Waals surface area contributed by atoms with Gasteiger partial charge in [0.25, 0.3) is 5.91 Å². The molecule has 0 bridgehead atoms. The number of fused-ring (bicyclic) bond motifs is 2. The Hall–Kier alpha value is -2.81. The van der Waals surface area contributed by atoms with Gasteiger partial charge in [-0.3, -0.25) is 4.79 Å². The Morgan fingerprint density at radius 3 is 2.54 bits per heavy atom. The van der Waals surface area contributed by atoms with Crippen molar-refractivity contribution in [1.29, 1.82) is 0 Å². The number of hydrogen-bond acceptors (Lipinski definition) is 1. The maximum Gasteiger partial charge on any atom is 0.258 e. The average molecular weight is 344 g/mol. The first-order valence-corrected chi connectivity index (χ1v) is 9.31. The first kappa shape index (κ1) is 16.6. The number of hydrogen-bond donors (Lipinski definition) is 0. The summed E-state index contributed by atoms with van der Waals surface area (Å²) >= 11 is 0. The molecule has 0 fully saturated rings. The molecule has 3 nitrogen and oxygen atoms in total. The molecule has 1 aliphatic heterocycles. The van der Waals surface area contributed by atoms with Gasteiger partial charge in [-0.05, 0) is 31.1 Å². The summed E-state index contributed by atoms with van der Waals surface area (Å²) < 4.78 is 2.30. The zero-order valence-electron chi connectivity index (χ0n) is 15.6. The van der Waals surface area contributed by atoms with E-state index >= 15 is 0 Å². The normalized spacial score (nSPS) is 15.5. The summed E-state index contributed by atoms with van der Waals surface area (Å²) in [4.78, 5) is 14.8. The summed E-state index contributed by atoms with van der Waals surface area (Å²) in [5.41, 5.74) is 5.16. The molecule has 2 heterocycles. The van der Waals surface area contributed by atoms with E-state index in [0.29, 0.717) is 12.5 Å². The van der Waals surface area contributed by atoms with Crippen molar-refractivity contribution >= 4 is 34.1 Å². The highest BCUT2D eigenvalue weighted by Crippen LogP contribution is 2.38. The molecule has 1 aliphatic rings. The van der Waals surface area contributed by atoms with E-state index in [0.717, 1.165) is 28.9 Å². The van der Waals surface area contributed by atoms with Gasteiger partial charge in [-0.1, -0.05) is 50.2 Å². The Bertz CT molecular complexity index is 1010. The second-order valence-electron chi connectivity index (χ2n) is 7.27. The number of benzene rings is 2. The van der Waals surface area contributed by atoms with Crippen LogP contribution in [-0.2, 0) is 11.3 Å². The molecule has 26 heavy (non-hydrogen) atoms. The molecule has 0 saturated carbocycles. The van der Waals surface area contributed by atoms with Crippen LogP contribution < -0.4 is 4.90 Å². The molecule has 2 aromatic carbocycles. The predicted molar refractivity (Wildman–Crippen MR) is 109 cm³/mol. The lowest BCUT2D eigenvalue weighted by molar-refractivity contribution is -0.112. The molecular formula is C23H24N2O. The fourth-order valence-electron chi connectivity index (χ4n) is 3.85. The molecule has 1 aromatic heterocycles. The van der Waals surface area contributed by atoms with Crippen molar-refractivity contribution < 1.29 is 4.79 Å². The number of amides is 1. The smallest absolute Gasteiger partial charge is 0.258 e. The standard InChI is InChI=1S/C23H24N2O/c1-4-25-22-12-8-6-10-19(22)20(23(25)26)13-17-15-24(14-16(2)3)21-11-7-5-9-18(17)21/h5-13,15-16H,4,14H2,1-3H3/b20-13+. The van der Waals surface area contributed by atoms with Gasteiger partial charge < -0.3 is 9.47 Å². The highest BCUT2D eigenvalue weighted by Gasteiger charge is 2.31. The summed E-state index contributed by atoms with van der Waals surface area (Å²) in [7, 11) is 0. The highest BCUT2D eigenvalue weighted by molar-refractivity contribution is 6.36. The van der Waals surface area contributed by atoms with Gasteiger partial charge in [-0.25, -0.2) is 0 Å².